The summed E-state index contributed by atoms with van der Waals surface area (Å²) in [6, 6.07) is 0. The van der Waals surface area contributed by atoms with Crippen molar-refractivity contribution in [1.29, 1.82) is 0 Å². The SMILES string of the molecule is C[C-]=O.[O]=[Ag]. The van der Waals surface area contributed by atoms with Crippen LogP contribution in [0.25, 0.3) is 0 Å². The van der Waals surface area contributed by atoms with Gasteiger partial charge in [-0.3, -0.25) is 6.29 Å². The molecule has 0 aliphatic carbocycles. The molecular formula is C2H3AgO2-. The van der Waals surface area contributed by atoms with Crippen molar-refractivity contribution in [2.75, 3.05) is 0 Å². The van der Waals surface area contributed by atoms with Crippen molar-refractivity contribution >= 4 is 6.29 Å². The first kappa shape index (κ1) is 8.96. The van der Waals surface area contributed by atoms with Crippen molar-refractivity contribution in [2.45, 2.75) is 6.92 Å². The predicted molar refractivity (Wildman–Crippen MR) is 12.1 cm³/mol. The summed E-state index contributed by atoms with van der Waals surface area (Å²) in [6.45, 7) is 1.32. The van der Waals surface area contributed by atoms with Crippen LogP contribution >= 0.6 is 0 Å². The molecule has 5 heavy (non-hydrogen) atoms. The van der Waals surface area contributed by atoms with Crippen molar-refractivity contribution in [3.63, 3.8) is 0 Å². The van der Waals surface area contributed by atoms with E-state index in [-0.39, 0.29) is 0 Å². The molecule has 0 aliphatic heterocycles. The van der Waals surface area contributed by atoms with Crippen molar-refractivity contribution in [2.24, 2.45) is 0 Å². The van der Waals surface area contributed by atoms with E-state index in [0.717, 1.165) is 0 Å². The van der Waals surface area contributed by atoms with Crippen LogP contribution in [-0.2, 0) is 29.1 Å². The van der Waals surface area contributed by atoms with E-state index >= 15 is 0 Å². The Hall–Kier alpha value is 0.210. The van der Waals surface area contributed by atoms with Gasteiger partial charge in [-0.05, 0) is 0 Å². The van der Waals surface area contributed by atoms with Gasteiger partial charge in [0.05, 0.1) is 0 Å². The Morgan fingerprint density at radius 1 is 1.60 bits per heavy atom. The van der Waals surface area contributed by atoms with E-state index in [1.54, 1.807) is 21.0 Å². The van der Waals surface area contributed by atoms with Crippen LogP contribution < -0.4 is 0 Å². The van der Waals surface area contributed by atoms with Gasteiger partial charge in [0.1, 0.15) is 0 Å². The van der Waals surface area contributed by atoms with E-state index in [4.69, 9.17) is 8.04 Å². The van der Waals surface area contributed by atoms with Crippen LogP contribution in [0, 0.1) is 0 Å². The van der Waals surface area contributed by atoms with Gasteiger partial charge < -0.3 is 4.79 Å². The summed E-state index contributed by atoms with van der Waals surface area (Å²) in [4.78, 5) is 8.68. The van der Waals surface area contributed by atoms with Crippen LogP contribution in [-0.4, -0.2) is 6.29 Å². The number of carbonyl (C=O) groups excluding carboxylic acids is 1. The molecule has 0 saturated heterocycles. The molecule has 0 rings (SSSR count). The fourth-order valence-corrected chi connectivity index (χ4v) is 0. The molecule has 0 atom stereocenters. The zero-order chi connectivity index (χ0) is 4.71. The van der Waals surface area contributed by atoms with Crippen LogP contribution in [0.4, 0.5) is 0 Å². The second-order valence-electron chi connectivity index (χ2n) is 0.204. The van der Waals surface area contributed by atoms with E-state index in [1.807, 2.05) is 0 Å². The molecule has 0 radical (unpaired) electrons. The third-order valence-electron chi connectivity index (χ3n) is 0. The molecule has 0 bridgehead atoms. The molecule has 0 aliphatic rings. The van der Waals surface area contributed by atoms with Gasteiger partial charge in [-0.1, -0.05) is 0 Å². The number of hydrogen-bond donors (Lipinski definition) is 0. The minimum absolute atomic E-state index is 1.32. The fourth-order valence-electron chi connectivity index (χ4n) is 0. The molecule has 0 N–H and O–H groups in total. The van der Waals surface area contributed by atoms with Crippen LogP contribution in [0.2, 0.25) is 0 Å². The third kappa shape index (κ3) is 465. The first-order chi connectivity index (χ1) is 2.41. The van der Waals surface area contributed by atoms with E-state index < -0.39 is 0 Å². The zero-order valence-electron chi connectivity index (χ0n) is 2.62. The Labute approximate surface area is 42.8 Å². The van der Waals surface area contributed by atoms with Crippen molar-refractivity contribution < 1.29 is 29.1 Å². The van der Waals surface area contributed by atoms with Crippen LogP contribution in [0.5, 0.6) is 0 Å². The van der Waals surface area contributed by atoms with Gasteiger partial charge in [-0.15, -0.1) is 0 Å². The van der Waals surface area contributed by atoms with E-state index in [2.05, 4.69) is 0 Å². The van der Waals surface area contributed by atoms with Crippen molar-refractivity contribution in [3.05, 3.63) is 0 Å². The number of rotatable bonds is 0. The first-order valence-electron chi connectivity index (χ1n) is 0.827. The van der Waals surface area contributed by atoms with Gasteiger partial charge in [0.15, 0.2) is 0 Å². The molecule has 0 aromatic heterocycles. The van der Waals surface area contributed by atoms with Gasteiger partial charge in [-0.25, -0.2) is 0 Å². The Morgan fingerprint density at radius 3 is 1.60 bits per heavy atom. The maximum atomic E-state index is 8.68. The summed E-state index contributed by atoms with van der Waals surface area (Å²) in [5.41, 5.74) is 0. The summed E-state index contributed by atoms with van der Waals surface area (Å²) in [7, 11) is 0. The molecule has 0 saturated carbocycles. The zero-order valence-corrected chi connectivity index (χ0v) is 4.10. The average Bonchev–Trinajstić information content (AvgIpc) is 1.46. The molecule has 2 nitrogen and oxygen atoms in total. The van der Waals surface area contributed by atoms with E-state index in [1.165, 1.54) is 13.2 Å². The van der Waals surface area contributed by atoms with Gasteiger partial charge in [0.2, 0.25) is 0 Å². The Kier molecular flexibility index (Phi) is 53.1. The van der Waals surface area contributed by atoms with Crippen LogP contribution in [0.1, 0.15) is 6.92 Å². The van der Waals surface area contributed by atoms with Crippen LogP contribution in [0.15, 0.2) is 0 Å². The maximum absolute atomic E-state index is 8.68. The molecule has 0 aromatic rings. The fraction of sp³-hybridized carbons (Fsp3) is 0.500. The molecule has 0 heterocycles. The van der Waals surface area contributed by atoms with Crippen LogP contribution in [0.3, 0.4) is 0 Å². The monoisotopic (exact) mass is 166 g/mol. The summed E-state index contributed by atoms with van der Waals surface area (Å²) in [5.74, 6) is 0. The predicted octanol–water partition coefficient (Wildman–Crippen LogP) is -0.00530. The van der Waals surface area contributed by atoms with Gasteiger partial charge in [-0.2, -0.15) is 6.92 Å². The topological polar surface area (TPSA) is 34.1 Å². The molecule has 0 amide bonds. The summed E-state index contributed by atoms with van der Waals surface area (Å²) in [5, 5.41) is 0. The Morgan fingerprint density at radius 2 is 1.60 bits per heavy atom. The number of hydrogen-bond acceptors (Lipinski definition) is 2. The quantitative estimate of drug-likeness (QED) is 0.375. The third-order valence-corrected chi connectivity index (χ3v) is 0. The second-order valence-corrected chi connectivity index (χ2v) is 0.204. The van der Waals surface area contributed by atoms with Gasteiger partial charge in [0.25, 0.3) is 0 Å². The van der Waals surface area contributed by atoms with Crippen molar-refractivity contribution in [1.82, 2.24) is 0 Å². The molecule has 0 fully saturated rings. The molecule has 3 heteroatoms. The molecule has 0 aromatic carbocycles. The normalized spacial score (nSPS) is 3.80. The molecule has 0 spiro atoms. The summed E-state index contributed by atoms with van der Waals surface area (Å²) >= 11 is 1.70. The first-order valence-corrected chi connectivity index (χ1v) is 1.43. The van der Waals surface area contributed by atoms with Gasteiger partial charge in [0, 0.05) is 0 Å². The standard InChI is InChI=1S/C2H3O.Ag.O/c1-2-3;;/h1H3;;/q-1;;. The van der Waals surface area contributed by atoms with E-state index in [0.29, 0.717) is 0 Å². The Balaban J connectivity index is 0. The summed E-state index contributed by atoms with van der Waals surface area (Å²) in [6.07, 6.45) is 1.50. The second kappa shape index (κ2) is 29.6. The molecular weight excluding hydrogens is 164 g/mol. The Bertz CT molecular complexity index is 21.6. The van der Waals surface area contributed by atoms with Crippen molar-refractivity contribution in [3.8, 4) is 0 Å². The molecule has 35 valence electrons. The average molecular weight is 167 g/mol. The minimum atomic E-state index is 1.32. The van der Waals surface area contributed by atoms with Gasteiger partial charge >= 0.3 is 24.3 Å². The molecule has 0 unspecified atom stereocenters. The summed E-state index contributed by atoms with van der Waals surface area (Å²) < 4.78 is 8.06. The van der Waals surface area contributed by atoms with E-state index in [9.17, 15) is 0 Å².